The first-order valence-electron chi connectivity index (χ1n) is 6.44. The molecule has 1 aliphatic rings. The SMILES string of the molecule is c1ccc2c(-c3nc4c(s3)CNCC4)cncc2c1. The van der Waals surface area contributed by atoms with Crippen molar-refractivity contribution in [3.63, 3.8) is 0 Å². The molecule has 1 aliphatic heterocycles. The second-order valence-electron chi connectivity index (χ2n) is 4.72. The van der Waals surface area contributed by atoms with Crippen LogP contribution in [0, 0.1) is 0 Å². The van der Waals surface area contributed by atoms with E-state index in [-0.39, 0.29) is 0 Å². The molecule has 1 N–H and O–H groups in total. The number of rotatable bonds is 1. The van der Waals surface area contributed by atoms with E-state index in [2.05, 4.69) is 28.5 Å². The second kappa shape index (κ2) is 4.40. The molecule has 3 heterocycles. The number of fused-ring (bicyclic) bond motifs is 2. The molecule has 0 unspecified atom stereocenters. The number of hydrogen-bond acceptors (Lipinski definition) is 4. The van der Waals surface area contributed by atoms with Gasteiger partial charge in [-0.05, 0) is 5.39 Å². The largest absolute Gasteiger partial charge is 0.311 e. The van der Waals surface area contributed by atoms with Gasteiger partial charge in [0.1, 0.15) is 5.01 Å². The van der Waals surface area contributed by atoms with Gasteiger partial charge in [0.15, 0.2) is 0 Å². The van der Waals surface area contributed by atoms with Crippen molar-refractivity contribution in [1.82, 2.24) is 15.3 Å². The number of benzene rings is 1. The fourth-order valence-electron chi connectivity index (χ4n) is 2.53. The second-order valence-corrected chi connectivity index (χ2v) is 5.81. The molecule has 0 bridgehead atoms. The van der Waals surface area contributed by atoms with Crippen molar-refractivity contribution in [2.24, 2.45) is 0 Å². The fourth-order valence-corrected chi connectivity index (χ4v) is 3.63. The highest BCUT2D eigenvalue weighted by Gasteiger charge is 2.16. The van der Waals surface area contributed by atoms with Crippen LogP contribution in [0.4, 0.5) is 0 Å². The third kappa shape index (κ3) is 1.84. The minimum atomic E-state index is 0.950. The number of hydrogen-bond donors (Lipinski definition) is 1. The summed E-state index contributed by atoms with van der Waals surface area (Å²) >= 11 is 1.79. The lowest BCUT2D eigenvalue weighted by Gasteiger charge is -2.09. The molecule has 0 fully saturated rings. The first-order chi connectivity index (χ1) is 9.42. The number of nitrogens with zero attached hydrogens (tertiary/aromatic N) is 2. The number of nitrogens with one attached hydrogen (secondary N) is 1. The molecule has 3 nitrogen and oxygen atoms in total. The van der Waals surface area contributed by atoms with Crippen LogP contribution in [0.5, 0.6) is 0 Å². The summed E-state index contributed by atoms with van der Waals surface area (Å²) < 4.78 is 0. The van der Waals surface area contributed by atoms with Crippen molar-refractivity contribution in [2.75, 3.05) is 6.54 Å². The first kappa shape index (κ1) is 11.1. The van der Waals surface area contributed by atoms with E-state index in [1.165, 1.54) is 21.3 Å². The van der Waals surface area contributed by atoms with Crippen molar-refractivity contribution in [3.8, 4) is 10.6 Å². The van der Waals surface area contributed by atoms with Gasteiger partial charge in [0.05, 0.1) is 5.69 Å². The van der Waals surface area contributed by atoms with Crippen LogP contribution >= 0.6 is 11.3 Å². The van der Waals surface area contributed by atoms with Crippen LogP contribution in [0.15, 0.2) is 36.7 Å². The Labute approximate surface area is 115 Å². The summed E-state index contributed by atoms with van der Waals surface area (Å²) in [6, 6.07) is 8.36. The van der Waals surface area contributed by atoms with Gasteiger partial charge >= 0.3 is 0 Å². The molecule has 4 rings (SSSR count). The van der Waals surface area contributed by atoms with Crippen molar-refractivity contribution in [1.29, 1.82) is 0 Å². The number of thiazole rings is 1. The summed E-state index contributed by atoms with van der Waals surface area (Å²) in [6.45, 7) is 1.98. The van der Waals surface area contributed by atoms with Crippen LogP contribution in [-0.2, 0) is 13.0 Å². The predicted octanol–water partition coefficient (Wildman–Crippen LogP) is 3.00. The van der Waals surface area contributed by atoms with Gasteiger partial charge in [0.2, 0.25) is 0 Å². The molecule has 0 aliphatic carbocycles. The lowest BCUT2D eigenvalue weighted by Crippen LogP contribution is -2.22. The number of pyridine rings is 1. The monoisotopic (exact) mass is 267 g/mol. The summed E-state index contributed by atoms with van der Waals surface area (Å²) in [5.74, 6) is 0. The summed E-state index contributed by atoms with van der Waals surface area (Å²) in [6.07, 6.45) is 4.87. The summed E-state index contributed by atoms with van der Waals surface area (Å²) in [7, 11) is 0. The molecule has 19 heavy (non-hydrogen) atoms. The maximum Gasteiger partial charge on any atom is 0.126 e. The van der Waals surface area contributed by atoms with Crippen LogP contribution < -0.4 is 5.32 Å². The molecule has 1 aromatic carbocycles. The first-order valence-corrected chi connectivity index (χ1v) is 7.26. The average molecular weight is 267 g/mol. The molecular formula is C15H13N3S. The van der Waals surface area contributed by atoms with Crippen LogP contribution in [0.1, 0.15) is 10.6 Å². The molecule has 4 heteroatoms. The Balaban J connectivity index is 1.92. The Morgan fingerprint density at radius 1 is 1.16 bits per heavy atom. The van der Waals surface area contributed by atoms with E-state index in [0.717, 1.165) is 30.1 Å². The highest BCUT2D eigenvalue weighted by Crippen LogP contribution is 2.33. The van der Waals surface area contributed by atoms with Gasteiger partial charge in [-0.15, -0.1) is 11.3 Å². The van der Waals surface area contributed by atoms with Gasteiger partial charge in [-0.3, -0.25) is 4.98 Å². The minimum absolute atomic E-state index is 0.950. The molecule has 0 spiro atoms. The molecular weight excluding hydrogens is 254 g/mol. The molecule has 94 valence electrons. The standard InChI is InChI=1S/C15H13N3S/c1-2-4-11-10(3-1)7-17-8-12(11)15-18-13-5-6-16-9-14(13)19-15/h1-4,7-8,16H,5-6,9H2. The molecule has 0 saturated carbocycles. The molecule has 3 aromatic rings. The van der Waals surface area contributed by atoms with Crippen molar-refractivity contribution < 1.29 is 0 Å². The Hall–Kier alpha value is -1.78. The van der Waals surface area contributed by atoms with Crippen LogP contribution in [0.25, 0.3) is 21.3 Å². The van der Waals surface area contributed by atoms with Gasteiger partial charge < -0.3 is 5.32 Å². The van der Waals surface area contributed by atoms with Gasteiger partial charge in [0.25, 0.3) is 0 Å². The zero-order valence-electron chi connectivity index (χ0n) is 10.4. The summed E-state index contributed by atoms with van der Waals surface area (Å²) in [4.78, 5) is 10.5. The Bertz CT molecular complexity index is 719. The lowest BCUT2D eigenvalue weighted by molar-refractivity contribution is 0.644. The van der Waals surface area contributed by atoms with E-state index in [1.54, 1.807) is 11.3 Å². The topological polar surface area (TPSA) is 37.8 Å². The van der Waals surface area contributed by atoms with E-state index in [4.69, 9.17) is 4.98 Å². The van der Waals surface area contributed by atoms with Crippen molar-refractivity contribution >= 4 is 22.1 Å². The quantitative estimate of drug-likeness (QED) is 0.736. The predicted molar refractivity (Wildman–Crippen MR) is 78.3 cm³/mol. The van der Waals surface area contributed by atoms with Crippen LogP contribution in [0.2, 0.25) is 0 Å². The van der Waals surface area contributed by atoms with E-state index >= 15 is 0 Å². The molecule has 0 radical (unpaired) electrons. The third-order valence-electron chi connectivity index (χ3n) is 3.50. The molecule has 0 atom stereocenters. The molecule has 0 saturated heterocycles. The van der Waals surface area contributed by atoms with Crippen molar-refractivity contribution in [3.05, 3.63) is 47.2 Å². The fraction of sp³-hybridized carbons (Fsp3) is 0.200. The van der Waals surface area contributed by atoms with Gasteiger partial charge in [-0.1, -0.05) is 24.3 Å². The normalized spacial score (nSPS) is 14.5. The van der Waals surface area contributed by atoms with Gasteiger partial charge in [-0.25, -0.2) is 4.98 Å². The summed E-state index contributed by atoms with van der Waals surface area (Å²) in [5, 5.41) is 6.90. The zero-order chi connectivity index (χ0) is 12.7. The third-order valence-corrected chi connectivity index (χ3v) is 4.63. The highest BCUT2D eigenvalue weighted by atomic mass is 32.1. The van der Waals surface area contributed by atoms with Crippen molar-refractivity contribution in [2.45, 2.75) is 13.0 Å². The average Bonchev–Trinajstić information content (AvgIpc) is 2.90. The van der Waals surface area contributed by atoms with Gasteiger partial charge in [-0.2, -0.15) is 0 Å². The zero-order valence-corrected chi connectivity index (χ0v) is 11.2. The maximum atomic E-state index is 4.81. The van der Waals surface area contributed by atoms with E-state index in [0.29, 0.717) is 0 Å². The van der Waals surface area contributed by atoms with Crippen LogP contribution in [0.3, 0.4) is 0 Å². The molecule has 2 aromatic heterocycles. The minimum Gasteiger partial charge on any atom is -0.311 e. The Morgan fingerprint density at radius 3 is 3.05 bits per heavy atom. The van der Waals surface area contributed by atoms with Gasteiger partial charge in [0, 0.05) is 47.7 Å². The van der Waals surface area contributed by atoms with E-state index in [1.807, 2.05) is 18.5 Å². The molecule has 0 amide bonds. The number of aromatic nitrogens is 2. The maximum absolute atomic E-state index is 4.81. The van der Waals surface area contributed by atoms with Crippen LogP contribution in [-0.4, -0.2) is 16.5 Å². The Kier molecular flexibility index (Phi) is 2.57. The highest BCUT2D eigenvalue weighted by molar-refractivity contribution is 7.15. The Morgan fingerprint density at radius 2 is 2.11 bits per heavy atom. The lowest BCUT2D eigenvalue weighted by atomic mass is 10.1. The van der Waals surface area contributed by atoms with E-state index < -0.39 is 0 Å². The smallest absolute Gasteiger partial charge is 0.126 e. The summed E-state index contributed by atoms with van der Waals surface area (Å²) in [5.41, 5.74) is 2.41. The van der Waals surface area contributed by atoms with E-state index in [9.17, 15) is 0 Å².